The van der Waals surface area contributed by atoms with Crippen molar-refractivity contribution in [3.63, 3.8) is 0 Å². The van der Waals surface area contributed by atoms with Gasteiger partial charge in [-0.3, -0.25) is 0 Å². The molecule has 0 saturated heterocycles. The maximum Gasteiger partial charge on any atom is 0.212 e. The Bertz CT molecular complexity index is 526. The molecule has 1 aromatic heterocycles. The lowest BCUT2D eigenvalue weighted by atomic mass is 10.0. The van der Waals surface area contributed by atoms with Gasteiger partial charge in [0.05, 0.1) is 6.61 Å². The first-order valence-corrected chi connectivity index (χ1v) is 5.95. The van der Waals surface area contributed by atoms with E-state index in [2.05, 4.69) is 61.9 Å². The van der Waals surface area contributed by atoms with Gasteiger partial charge in [0.25, 0.3) is 0 Å². The highest BCUT2D eigenvalue weighted by molar-refractivity contribution is 5.75. The van der Waals surface area contributed by atoms with Gasteiger partial charge in [-0.25, -0.2) is 0 Å². The normalized spacial score (nSPS) is 12.0. The van der Waals surface area contributed by atoms with Crippen LogP contribution in [-0.4, -0.2) is 7.11 Å². The first-order chi connectivity index (χ1) is 8.02. The number of rotatable bonds is 2. The number of benzene rings is 1. The maximum absolute atomic E-state index is 5.23. The van der Waals surface area contributed by atoms with Gasteiger partial charge < -0.3 is 4.74 Å². The molecule has 2 heteroatoms. The highest BCUT2D eigenvalue weighted by Crippen LogP contribution is 2.16. The summed E-state index contributed by atoms with van der Waals surface area (Å²) in [4.78, 5) is 0. The Morgan fingerprint density at radius 3 is 2.53 bits per heavy atom. The van der Waals surface area contributed by atoms with Crippen molar-refractivity contribution < 1.29 is 9.30 Å². The van der Waals surface area contributed by atoms with Gasteiger partial charge in [-0.1, -0.05) is 12.1 Å². The van der Waals surface area contributed by atoms with Crippen molar-refractivity contribution in [1.29, 1.82) is 0 Å². The second-order valence-corrected chi connectivity index (χ2v) is 5.38. The molecule has 0 aliphatic carbocycles. The number of para-hydroxylation sites is 1. The van der Waals surface area contributed by atoms with Crippen molar-refractivity contribution in [2.24, 2.45) is 0 Å². The number of ether oxygens (including phenoxy) is 1. The first kappa shape index (κ1) is 12.1. The average molecular weight is 230 g/mol. The summed E-state index contributed by atoms with van der Waals surface area (Å²) in [5.41, 5.74) is 2.55. The molecule has 0 fully saturated rings. The van der Waals surface area contributed by atoms with Crippen LogP contribution in [0.5, 0.6) is 0 Å². The predicted molar refractivity (Wildman–Crippen MR) is 69.9 cm³/mol. The van der Waals surface area contributed by atoms with Crippen LogP contribution in [0, 0.1) is 0 Å². The Hall–Kier alpha value is -1.41. The molecule has 0 aliphatic rings. The number of methoxy groups -OCH3 is 1. The number of nitrogens with zero attached hydrogens (tertiary/aromatic N) is 1. The molecular formula is C15H20NO+. The van der Waals surface area contributed by atoms with Gasteiger partial charge >= 0.3 is 0 Å². The molecule has 0 saturated carbocycles. The van der Waals surface area contributed by atoms with Crippen LogP contribution >= 0.6 is 0 Å². The van der Waals surface area contributed by atoms with E-state index >= 15 is 0 Å². The van der Waals surface area contributed by atoms with E-state index in [1.165, 1.54) is 16.5 Å². The van der Waals surface area contributed by atoms with Crippen molar-refractivity contribution in [1.82, 2.24) is 0 Å². The van der Waals surface area contributed by atoms with Crippen molar-refractivity contribution in [2.45, 2.75) is 32.9 Å². The van der Waals surface area contributed by atoms with Crippen LogP contribution in [0.4, 0.5) is 0 Å². The maximum atomic E-state index is 5.23. The molecule has 2 aromatic rings. The molecule has 0 atom stereocenters. The molecule has 0 amide bonds. The largest absolute Gasteiger partial charge is 0.380 e. The lowest BCUT2D eigenvalue weighted by Gasteiger charge is -2.16. The Kier molecular flexibility index (Phi) is 3.16. The third-order valence-electron chi connectivity index (χ3n) is 2.87. The lowest BCUT2D eigenvalue weighted by Crippen LogP contribution is -2.50. The van der Waals surface area contributed by atoms with E-state index in [4.69, 9.17) is 4.74 Å². The van der Waals surface area contributed by atoms with Crippen molar-refractivity contribution in [3.8, 4) is 0 Å². The quantitative estimate of drug-likeness (QED) is 0.723. The first-order valence-electron chi connectivity index (χ1n) is 5.95. The SMILES string of the molecule is COCc1cc2ccccc2[n+](C(C)(C)C)c1. The molecule has 2 rings (SSSR count). The molecule has 0 spiro atoms. The van der Waals surface area contributed by atoms with Gasteiger partial charge in [0.15, 0.2) is 11.7 Å². The standard InChI is InChI=1S/C15H20NO/c1-15(2,3)16-10-12(11-17-4)9-13-7-5-6-8-14(13)16/h5-10H,11H2,1-4H3/q+1. The number of pyridine rings is 1. The molecular weight excluding hydrogens is 210 g/mol. The van der Waals surface area contributed by atoms with Gasteiger partial charge in [0, 0.05) is 44.9 Å². The van der Waals surface area contributed by atoms with Crippen molar-refractivity contribution >= 4 is 10.9 Å². The smallest absolute Gasteiger partial charge is 0.212 e. The average Bonchev–Trinajstić information content (AvgIpc) is 2.27. The molecule has 1 heterocycles. The van der Waals surface area contributed by atoms with Gasteiger partial charge in [-0.15, -0.1) is 0 Å². The summed E-state index contributed by atoms with van der Waals surface area (Å²) in [6.07, 6.45) is 2.19. The fourth-order valence-electron chi connectivity index (χ4n) is 2.10. The number of hydrogen-bond acceptors (Lipinski definition) is 1. The lowest BCUT2D eigenvalue weighted by molar-refractivity contribution is -0.731. The van der Waals surface area contributed by atoms with Crippen molar-refractivity contribution in [3.05, 3.63) is 42.1 Å². The fourth-order valence-corrected chi connectivity index (χ4v) is 2.10. The zero-order valence-corrected chi connectivity index (χ0v) is 11.0. The van der Waals surface area contributed by atoms with Crippen LogP contribution in [0.1, 0.15) is 26.3 Å². The topological polar surface area (TPSA) is 13.1 Å². The zero-order chi connectivity index (χ0) is 12.5. The number of fused-ring (bicyclic) bond motifs is 1. The Morgan fingerprint density at radius 1 is 1.18 bits per heavy atom. The summed E-state index contributed by atoms with van der Waals surface area (Å²) in [6, 6.07) is 10.7. The molecule has 0 aliphatic heterocycles. The van der Waals surface area contributed by atoms with E-state index in [1.54, 1.807) is 7.11 Å². The zero-order valence-electron chi connectivity index (χ0n) is 11.0. The molecule has 0 N–H and O–H groups in total. The third-order valence-corrected chi connectivity index (χ3v) is 2.87. The minimum absolute atomic E-state index is 0.0728. The Labute approximate surface area is 103 Å². The van der Waals surface area contributed by atoms with Gasteiger partial charge in [0.2, 0.25) is 5.52 Å². The molecule has 1 aromatic carbocycles. The predicted octanol–water partition coefficient (Wildman–Crippen LogP) is 3.03. The summed E-state index contributed by atoms with van der Waals surface area (Å²) in [6.45, 7) is 7.31. The third kappa shape index (κ3) is 2.47. The van der Waals surface area contributed by atoms with Gasteiger partial charge in [0.1, 0.15) is 0 Å². The number of aromatic nitrogens is 1. The second kappa shape index (κ2) is 4.46. The van der Waals surface area contributed by atoms with Crippen LogP contribution in [0.3, 0.4) is 0 Å². The van der Waals surface area contributed by atoms with E-state index < -0.39 is 0 Å². The molecule has 90 valence electrons. The summed E-state index contributed by atoms with van der Waals surface area (Å²) < 4.78 is 7.55. The minimum atomic E-state index is 0.0728. The van der Waals surface area contributed by atoms with Crippen LogP contribution < -0.4 is 4.57 Å². The molecule has 0 radical (unpaired) electrons. The minimum Gasteiger partial charge on any atom is -0.380 e. The molecule has 0 unspecified atom stereocenters. The van der Waals surface area contributed by atoms with E-state index in [-0.39, 0.29) is 5.54 Å². The molecule has 17 heavy (non-hydrogen) atoms. The fraction of sp³-hybridized carbons (Fsp3) is 0.400. The Balaban J connectivity index is 2.69. The van der Waals surface area contributed by atoms with E-state index in [0.29, 0.717) is 6.61 Å². The highest BCUT2D eigenvalue weighted by atomic mass is 16.5. The summed E-state index contributed by atoms with van der Waals surface area (Å²) in [5.74, 6) is 0. The van der Waals surface area contributed by atoms with Crippen LogP contribution in [0.15, 0.2) is 36.5 Å². The highest BCUT2D eigenvalue weighted by Gasteiger charge is 2.25. The van der Waals surface area contributed by atoms with E-state index in [0.717, 1.165) is 0 Å². The van der Waals surface area contributed by atoms with Crippen molar-refractivity contribution in [2.75, 3.05) is 7.11 Å². The Morgan fingerprint density at radius 2 is 1.88 bits per heavy atom. The second-order valence-electron chi connectivity index (χ2n) is 5.38. The van der Waals surface area contributed by atoms with Crippen LogP contribution in [-0.2, 0) is 16.9 Å². The van der Waals surface area contributed by atoms with Crippen LogP contribution in [0.2, 0.25) is 0 Å². The number of hydrogen-bond donors (Lipinski definition) is 0. The summed E-state index contributed by atoms with van der Waals surface area (Å²) >= 11 is 0. The molecule has 2 nitrogen and oxygen atoms in total. The van der Waals surface area contributed by atoms with E-state index in [1.807, 2.05) is 0 Å². The molecule has 0 bridgehead atoms. The van der Waals surface area contributed by atoms with Gasteiger partial charge in [-0.2, -0.15) is 4.57 Å². The summed E-state index contributed by atoms with van der Waals surface area (Å²) in [7, 11) is 1.73. The monoisotopic (exact) mass is 230 g/mol. The van der Waals surface area contributed by atoms with Crippen LogP contribution in [0.25, 0.3) is 10.9 Å². The van der Waals surface area contributed by atoms with Gasteiger partial charge in [-0.05, 0) is 12.1 Å². The summed E-state index contributed by atoms with van der Waals surface area (Å²) in [5, 5.41) is 1.26. The van der Waals surface area contributed by atoms with E-state index in [9.17, 15) is 0 Å².